The lowest BCUT2D eigenvalue weighted by atomic mass is 10.3. The van der Waals surface area contributed by atoms with Gasteiger partial charge in [-0.15, -0.1) is 13.2 Å². The highest BCUT2D eigenvalue weighted by Crippen LogP contribution is 2.37. The van der Waals surface area contributed by atoms with Gasteiger partial charge in [0, 0.05) is 0 Å². The van der Waals surface area contributed by atoms with Crippen molar-refractivity contribution in [3.05, 3.63) is 16.6 Å². The zero-order valence-electron chi connectivity index (χ0n) is 7.95. The summed E-state index contributed by atoms with van der Waals surface area (Å²) < 4.78 is 61.4. The first-order chi connectivity index (χ1) is 7.52. The van der Waals surface area contributed by atoms with Crippen LogP contribution in [0.15, 0.2) is 21.5 Å². The molecule has 0 saturated carbocycles. The summed E-state index contributed by atoms with van der Waals surface area (Å²) in [7, 11) is -4.26. The number of halogens is 4. The molecule has 17 heavy (non-hydrogen) atoms. The standard InChI is InChI=1S/C7H6BrF3N2O3S/c8-5-4(16-7(9,10)11)2-1-3(12)6(5)17(13,14)15/h1-2H,12H2,(H2,13,14,15). The van der Waals surface area contributed by atoms with Gasteiger partial charge in [-0.1, -0.05) is 0 Å². The molecule has 0 aliphatic heterocycles. The zero-order chi connectivity index (χ0) is 13.4. The van der Waals surface area contributed by atoms with Crippen LogP contribution in [0, 0.1) is 0 Å². The zero-order valence-corrected chi connectivity index (χ0v) is 10.4. The smallest absolute Gasteiger partial charge is 0.405 e. The molecule has 1 aromatic carbocycles. The summed E-state index contributed by atoms with van der Waals surface area (Å²) in [6.45, 7) is 0. The summed E-state index contributed by atoms with van der Waals surface area (Å²) in [5, 5.41) is 4.82. The molecule has 0 aliphatic carbocycles. The molecule has 0 saturated heterocycles. The molecule has 0 fully saturated rings. The van der Waals surface area contributed by atoms with Gasteiger partial charge in [0.05, 0.1) is 10.2 Å². The van der Waals surface area contributed by atoms with Crippen LogP contribution in [0.2, 0.25) is 0 Å². The normalized spacial score (nSPS) is 12.5. The lowest BCUT2D eigenvalue weighted by Gasteiger charge is -2.13. The van der Waals surface area contributed by atoms with Crippen LogP contribution >= 0.6 is 15.9 Å². The molecule has 5 nitrogen and oxygen atoms in total. The number of nitrogens with two attached hydrogens (primary N) is 2. The quantitative estimate of drug-likeness (QED) is 0.802. The maximum Gasteiger partial charge on any atom is 0.573 e. The summed E-state index contributed by atoms with van der Waals surface area (Å²) in [6.07, 6.45) is -4.95. The van der Waals surface area contributed by atoms with Crippen molar-refractivity contribution in [3.63, 3.8) is 0 Å². The molecular weight excluding hydrogens is 329 g/mol. The van der Waals surface area contributed by atoms with E-state index in [0.717, 1.165) is 12.1 Å². The van der Waals surface area contributed by atoms with Gasteiger partial charge in [-0.25, -0.2) is 13.6 Å². The predicted octanol–water partition coefficient (Wildman–Crippen LogP) is 1.58. The molecule has 0 bridgehead atoms. The average Bonchev–Trinajstić information content (AvgIpc) is 2.06. The number of benzene rings is 1. The molecule has 0 spiro atoms. The summed E-state index contributed by atoms with van der Waals surface area (Å²) in [5.41, 5.74) is 5.03. The van der Waals surface area contributed by atoms with Crippen molar-refractivity contribution in [1.29, 1.82) is 0 Å². The van der Waals surface area contributed by atoms with E-state index in [9.17, 15) is 21.6 Å². The van der Waals surface area contributed by atoms with E-state index in [4.69, 9.17) is 10.9 Å². The van der Waals surface area contributed by atoms with Crippen LogP contribution in [0.4, 0.5) is 18.9 Å². The van der Waals surface area contributed by atoms with Gasteiger partial charge in [-0.2, -0.15) is 0 Å². The highest BCUT2D eigenvalue weighted by molar-refractivity contribution is 9.10. The molecule has 0 atom stereocenters. The number of hydrogen-bond acceptors (Lipinski definition) is 4. The maximum absolute atomic E-state index is 12.0. The lowest BCUT2D eigenvalue weighted by molar-refractivity contribution is -0.275. The Hall–Kier alpha value is -1.00. The van der Waals surface area contributed by atoms with E-state index in [0.29, 0.717) is 0 Å². The van der Waals surface area contributed by atoms with Gasteiger partial charge < -0.3 is 10.5 Å². The Labute approximate surface area is 103 Å². The molecule has 1 rings (SSSR count). The second-order valence-corrected chi connectivity index (χ2v) is 5.18. The second-order valence-electron chi connectivity index (χ2n) is 2.89. The number of rotatable bonds is 2. The van der Waals surface area contributed by atoms with Crippen LogP contribution in [0.25, 0.3) is 0 Å². The highest BCUT2D eigenvalue weighted by Gasteiger charge is 2.33. The third kappa shape index (κ3) is 3.48. The van der Waals surface area contributed by atoms with E-state index in [-0.39, 0.29) is 5.69 Å². The van der Waals surface area contributed by atoms with Crippen molar-refractivity contribution < 1.29 is 26.3 Å². The van der Waals surface area contributed by atoms with Gasteiger partial charge in [-0.3, -0.25) is 0 Å². The Balaban J connectivity index is 3.40. The molecule has 96 valence electrons. The molecule has 1 aromatic rings. The first-order valence-electron chi connectivity index (χ1n) is 3.89. The highest BCUT2D eigenvalue weighted by atomic mass is 79.9. The Bertz CT molecular complexity index is 544. The Morgan fingerprint density at radius 1 is 1.29 bits per heavy atom. The van der Waals surface area contributed by atoms with Crippen molar-refractivity contribution in [1.82, 2.24) is 0 Å². The number of anilines is 1. The molecule has 0 aromatic heterocycles. The van der Waals surface area contributed by atoms with Crippen molar-refractivity contribution in [2.24, 2.45) is 5.14 Å². The number of nitrogen functional groups attached to an aromatic ring is 1. The van der Waals surface area contributed by atoms with E-state index < -0.39 is 31.5 Å². The molecule has 4 N–H and O–H groups in total. The fourth-order valence-corrected chi connectivity index (χ4v) is 2.91. The van der Waals surface area contributed by atoms with Gasteiger partial charge in [0.25, 0.3) is 0 Å². The molecule has 0 unspecified atom stereocenters. The minimum Gasteiger partial charge on any atom is -0.405 e. The van der Waals surface area contributed by atoms with Gasteiger partial charge in [0.2, 0.25) is 10.0 Å². The number of hydrogen-bond donors (Lipinski definition) is 2. The van der Waals surface area contributed by atoms with Crippen LogP contribution in [0.1, 0.15) is 0 Å². The van der Waals surface area contributed by atoms with E-state index in [1.165, 1.54) is 0 Å². The van der Waals surface area contributed by atoms with Gasteiger partial charge >= 0.3 is 6.36 Å². The molecule has 0 heterocycles. The summed E-state index contributed by atoms with van der Waals surface area (Å²) >= 11 is 2.66. The molecule has 0 radical (unpaired) electrons. The van der Waals surface area contributed by atoms with Gasteiger partial charge in [-0.05, 0) is 28.1 Å². The SMILES string of the molecule is Nc1ccc(OC(F)(F)F)c(Br)c1S(N)(=O)=O. The third-order valence-corrected chi connectivity index (χ3v) is 3.66. The Kier molecular flexibility index (Phi) is 3.60. The Morgan fingerprint density at radius 2 is 1.82 bits per heavy atom. The molecular formula is C7H6BrF3N2O3S. The van der Waals surface area contributed by atoms with Crippen molar-refractivity contribution >= 4 is 31.6 Å². The average molecular weight is 335 g/mol. The first kappa shape index (κ1) is 14.1. The largest absolute Gasteiger partial charge is 0.573 e. The first-order valence-corrected chi connectivity index (χ1v) is 6.23. The maximum atomic E-state index is 12.0. The number of alkyl halides is 3. The van der Waals surface area contributed by atoms with Gasteiger partial charge in [0.1, 0.15) is 10.6 Å². The van der Waals surface area contributed by atoms with E-state index in [2.05, 4.69) is 20.7 Å². The second kappa shape index (κ2) is 4.35. The fraction of sp³-hybridized carbons (Fsp3) is 0.143. The summed E-state index contributed by atoms with van der Waals surface area (Å²) in [6, 6.07) is 1.83. The lowest BCUT2D eigenvalue weighted by Crippen LogP contribution is -2.19. The fourth-order valence-electron chi connectivity index (χ4n) is 1.05. The van der Waals surface area contributed by atoms with Crippen LogP contribution in [-0.2, 0) is 10.0 Å². The summed E-state index contributed by atoms with van der Waals surface area (Å²) in [4.78, 5) is -0.653. The van der Waals surface area contributed by atoms with E-state index >= 15 is 0 Å². The van der Waals surface area contributed by atoms with E-state index in [1.54, 1.807) is 0 Å². The predicted molar refractivity (Wildman–Crippen MR) is 56.6 cm³/mol. The summed E-state index contributed by atoms with van der Waals surface area (Å²) in [5.74, 6) is -0.740. The van der Waals surface area contributed by atoms with Crippen molar-refractivity contribution in [2.45, 2.75) is 11.3 Å². The van der Waals surface area contributed by atoms with Crippen LogP contribution < -0.4 is 15.6 Å². The van der Waals surface area contributed by atoms with Crippen LogP contribution in [0.3, 0.4) is 0 Å². The number of sulfonamides is 1. The topological polar surface area (TPSA) is 95.4 Å². The molecule has 10 heteroatoms. The van der Waals surface area contributed by atoms with Gasteiger partial charge in [0.15, 0.2) is 0 Å². The van der Waals surface area contributed by atoms with Crippen molar-refractivity contribution in [3.8, 4) is 5.75 Å². The minimum absolute atomic E-state index is 0.283. The van der Waals surface area contributed by atoms with E-state index in [1.807, 2.05) is 0 Å². The minimum atomic E-state index is -4.95. The third-order valence-electron chi connectivity index (χ3n) is 1.60. The van der Waals surface area contributed by atoms with Crippen molar-refractivity contribution in [2.75, 3.05) is 5.73 Å². The molecule has 0 aliphatic rings. The molecule has 0 amide bonds. The number of ether oxygens (including phenoxy) is 1. The Morgan fingerprint density at radius 3 is 2.24 bits per heavy atom. The van der Waals surface area contributed by atoms with Crippen LogP contribution in [-0.4, -0.2) is 14.8 Å². The number of primary sulfonamides is 1. The van der Waals surface area contributed by atoms with Crippen LogP contribution in [0.5, 0.6) is 5.75 Å². The monoisotopic (exact) mass is 334 g/mol.